The van der Waals surface area contributed by atoms with E-state index in [1.54, 1.807) is 0 Å². The first-order chi connectivity index (χ1) is 11.2. The third-order valence-corrected chi connectivity index (χ3v) is 4.34. The zero-order valence-electron chi connectivity index (χ0n) is 13.1. The molecule has 0 radical (unpaired) electrons. The first kappa shape index (κ1) is 15.6. The third-order valence-electron chi connectivity index (χ3n) is 4.34. The summed E-state index contributed by atoms with van der Waals surface area (Å²) < 4.78 is 0. The Morgan fingerprint density at radius 3 is 2.48 bits per heavy atom. The lowest BCUT2D eigenvalue weighted by Gasteiger charge is -2.27. The number of nitrogens with zero attached hydrogens (tertiary/aromatic N) is 1. The van der Waals surface area contributed by atoms with Crippen LogP contribution in [0.2, 0.25) is 0 Å². The van der Waals surface area contributed by atoms with Crippen molar-refractivity contribution in [2.45, 2.75) is 31.4 Å². The lowest BCUT2D eigenvalue weighted by atomic mass is 10.0. The third kappa shape index (κ3) is 3.90. The van der Waals surface area contributed by atoms with E-state index < -0.39 is 6.10 Å². The van der Waals surface area contributed by atoms with Crippen LogP contribution in [0.4, 0.5) is 10.5 Å². The number of carbonyl (C=O) groups is 1. The lowest BCUT2D eigenvalue weighted by molar-refractivity contribution is 0.130. The molecule has 3 rings (SSSR count). The standard InChI is InChI=1S/C19H22N2O2/c22-18(15-8-3-1-4-9-15)14-17-12-7-13-21(17)19(23)20-16-10-5-2-6-11-16/h1-6,8-11,17-18,22H,7,12-14H2,(H,20,23)/t17-,18+/m0/s1. The molecule has 0 saturated carbocycles. The van der Waals surface area contributed by atoms with Gasteiger partial charge in [-0.05, 0) is 37.0 Å². The molecule has 1 heterocycles. The molecule has 4 nitrogen and oxygen atoms in total. The number of benzene rings is 2. The highest BCUT2D eigenvalue weighted by Crippen LogP contribution is 2.27. The molecule has 120 valence electrons. The van der Waals surface area contributed by atoms with Crippen LogP contribution < -0.4 is 5.32 Å². The maximum absolute atomic E-state index is 12.5. The van der Waals surface area contributed by atoms with Crippen molar-refractivity contribution in [3.63, 3.8) is 0 Å². The number of hydrogen-bond donors (Lipinski definition) is 2. The molecule has 2 atom stereocenters. The minimum Gasteiger partial charge on any atom is -0.388 e. The lowest BCUT2D eigenvalue weighted by Crippen LogP contribution is -2.39. The summed E-state index contributed by atoms with van der Waals surface area (Å²) >= 11 is 0. The van der Waals surface area contributed by atoms with Gasteiger partial charge >= 0.3 is 6.03 Å². The van der Waals surface area contributed by atoms with E-state index in [1.807, 2.05) is 65.6 Å². The number of para-hydroxylation sites is 1. The molecule has 0 spiro atoms. The molecule has 0 unspecified atom stereocenters. The van der Waals surface area contributed by atoms with Crippen LogP contribution in [-0.4, -0.2) is 28.6 Å². The van der Waals surface area contributed by atoms with E-state index in [4.69, 9.17) is 0 Å². The Labute approximate surface area is 136 Å². The van der Waals surface area contributed by atoms with Crippen LogP contribution in [-0.2, 0) is 0 Å². The highest BCUT2D eigenvalue weighted by Gasteiger charge is 2.30. The van der Waals surface area contributed by atoms with Gasteiger partial charge in [0.2, 0.25) is 0 Å². The van der Waals surface area contributed by atoms with Crippen LogP contribution in [0.5, 0.6) is 0 Å². The van der Waals surface area contributed by atoms with Crippen molar-refractivity contribution in [3.8, 4) is 0 Å². The van der Waals surface area contributed by atoms with Crippen LogP contribution in [0, 0.1) is 0 Å². The summed E-state index contributed by atoms with van der Waals surface area (Å²) in [4.78, 5) is 14.3. The monoisotopic (exact) mass is 310 g/mol. The van der Waals surface area contributed by atoms with Crippen LogP contribution in [0.15, 0.2) is 60.7 Å². The van der Waals surface area contributed by atoms with E-state index >= 15 is 0 Å². The molecule has 0 aromatic heterocycles. The summed E-state index contributed by atoms with van der Waals surface area (Å²) in [7, 11) is 0. The number of rotatable bonds is 4. The average molecular weight is 310 g/mol. The second kappa shape index (κ2) is 7.29. The van der Waals surface area contributed by atoms with Gasteiger partial charge in [0.25, 0.3) is 0 Å². The SMILES string of the molecule is O=C(Nc1ccccc1)N1CCC[C@H]1C[C@@H](O)c1ccccc1. The predicted molar refractivity (Wildman–Crippen MR) is 91.2 cm³/mol. The van der Waals surface area contributed by atoms with Gasteiger partial charge in [0, 0.05) is 18.3 Å². The Balaban J connectivity index is 1.62. The Morgan fingerprint density at radius 1 is 1.13 bits per heavy atom. The van der Waals surface area contributed by atoms with Gasteiger partial charge < -0.3 is 15.3 Å². The summed E-state index contributed by atoms with van der Waals surface area (Å²) in [6.07, 6.45) is 1.96. The fraction of sp³-hybridized carbons (Fsp3) is 0.316. The van der Waals surface area contributed by atoms with Crippen molar-refractivity contribution in [1.29, 1.82) is 0 Å². The molecule has 2 amide bonds. The Kier molecular flexibility index (Phi) is 4.93. The van der Waals surface area contributed by atoms with Gasteiger partial charge in [0.1, 0.15) is 0 Å². The van der Waals surface area contributed by atoms with E-state index in [-0.39, 0.29) is 12.1 Å². The number of anilines is 1. The summed E-state index contributed by atoms with van der Waals surface area (Å²) in [5.41, 5.74) is 1.70. The maximum atomic E-state index is 12.5. The number of aliphatic hydroxyl groups excluding tert-OH is 1. The number of likely N-dealkylation sites (tertiary alicyclic amines) is 1. The summed E-state index contributed by atoms with van der Waals surface area (Å²) in [5, 5.41) is 13.3. The first-order valence-electron chi connectivity index (χ1n) is 8.10. The fourth-order valence-corrected chi connectivity index (χ4v) is 3.13. The van der Waals surface area contributed by atoms with E-state index in [0.29, 0.717) is 6.42 Å². The zero-order chi connectivity index (χ0) is 16.1. The summed E-state index contributed by atoms with van der Waals surface area (Å²) in [5.74, 6) is 0. The van der Waals surface area contributed by atoms with E-state index in [9.17, 15) is 9.90 Å². The first-order valence-corrected chi connectivity index (χ1v) is 8.10. The quantitative estimate of drug-likeness (QED) is 0.902. The number of urea groups is 1. The van der Waals surface area contributed by atoms with Crippen molar-refractivity contribution in [2.75, 3.05) is 11.9 Å². The topological polar surface area (TPSA) is 52.6 Å². The van der Waals surface area contributed by atoms with E-state index in [1.165, 1.54) is 0 Å². The molecule has 23 heavy (non-hydrogen) atoms. The molecule has 4 heteroatoms. The number of hydrogen-bond acceptors (Lipinski definition) is 2. The van der Waals surface area contributed by atoms with Gasteiger partial charge in [0.15, 0.2) is 0 Å². The van der Waals surface area contributed by atoms with Crippen LogP contribution in [0.1, 0.15) is 30.9 Å². The molecule has 1 fully saturated rings. The molecule has 0 bridgehead atoms. The van der Waals surface area contributed by atoms with Crippen molar-refractivity contribution in [2.24, 2.45) is 0 Å². The van der Waals surface area contributed by atoms with Gasteiger partial charge in [-0.15, -0.1) is 0 Å². The average Bonchev–Trinajstić information content (AvgIpc) is 3.05. The summed E-state index contributed by atoms with van der Waals surface area (Å²) in [6.45, 7) is 0.741. The fourth-order valence-electron chi connectivity index (χ4n) is 3.13. The largest absolute Gasteiger partial charge is 0.388 e. The minimum absolute atomic E-state index is 0.0777. The maximum Gasteiger partial charge on any atom is 0.322 e. The second-order valence-electron chi connectivity index (χ2n) is 5.95. The van der Waals surface area contributed by atoms with Crippen molar-refractivity contribution < 1.29 is 9.90 Å². The number of aliphatic hydroxyl groups is 1. The van der Waals surface area contributed by atoms with E-state index in [0.717, 1.165) is 30.6 Å². The molecule has 0 aliphatic carbocycles. The van der Waals surface area contributed by atoms with Crippen molar-refractivity contribution >= 4 is 11.7 Å². The summed E-state index contributed by atoms with van der Waals surface area (Å²) in [6, 6.07) is 19.1. The number of nitrogens with one attached hydrogen (secondary N) is 1. The highest BCUT2D eigenvalue weighted by molar-refractivity contribution is 5.89. The van der Waals surface area contributed by atoms with Crippen LogP contribution >= 0.6 is 0 Å². The zero-order valence-corrected chi connectivity index (χ0v) is 13.1. The van der Waals surface area contributed by atoms with Crippen molar-refractivity contribution in [3.05, 3.63) is 66.2 Å². The van der Waals surface area contributed by atoms with E-state index in [2.05, 4.69) is 5.32 Å². The molecule has 1 saturated heterocycles. The molecule has 2 N–H and O–H groups in total. The number of amides is 2. The predicted octanol–water partition coefficient (Wildman–Crippen LogP) is 3.81. The minimum atomic E-state index is -0.536. The van der Waals surface area contributed by atoms with Gasteiger partial charge in [-0.2, -0.15) is 0 Å². The van der Waals surface area contributed by atoms with Crippen LogP contribution in [0.3, 0.4) is 0 Å². The Bertz CT molecular complexity index is 630. The van der Waals surface area contributed by atoms with Gasteiger partial charge in [-0.25, -0.2) is 4.79 Å². The molecule has 2 aromatic rings. The second-order valence-corrected chi connectivity index (χ2v) is 5.95. The van der Waals surface area contributed by atoms with Gasteiger partial charge in [-0.1, -0.05) is 48.5 Å². The molecule has 1 aliphatic heterocycles. The van der Waals surface area contributed by atoms with Gasteiger partial charge in [0.05, 0.1) is 6.10 Å². The Morgan fingerprint density at radius 2 is 1.78 bits per heavy atom. The molecule has 1 aliphatic rings. The molecule has 2 aromatic carbocycles. The molecular formula is C19H22N2O2. The van der Waals surface area contributed by atoms with Gasteiger partial charge in [-0.3, -0.25) is 0 Å². The van der Waals surface area contributed by atoms with Crippen molar-refractivity contribution in [1.82, 2.24) is 4.90 Å². The normalized spacial score (nSPS) is 18.7. The number of carbonyl (C=O) groups excluding carboxylic acids is 1. The Hall–Kier alpha value is -2.33. The molecular weight excluding hydrogens is 288 g/mol. The highest BCUT2D eigenvalue weighted by atomic mass is 16.3. The van der Waals surface area contributed by atoms with Crippen LogP contribution in [0.25, 0.3) is 0 Å². The smallest absolute Gasteiger partial charge is 0.322 e.